The standard InChI is InChI=1S/C38H46N6O6S/c1-5-29-27(26-39)14-15-31-35(29)38(30-11-10-18-40-36(30)50-7-3,37(46)44(31)51(47,48)33-13-9-8-12-32(33)49-4)25-34(45)43-19-16-28(17-20-43)42-23-21-41(6-2)22-24-42/h8-15,18,28H,5-7,16-17,19-25H2,1-4H3. The van der Waals surface area contributed by atoms with Gasteiger partial charge in [-0.2, -0.15) is 5.26 Å². The number of piperazine rings is 1. The first-order valence-electron chi connectivity index (χ1n) is 17.8. The fourth-order valence-electron chi connectivity index (χ4n) is 8.05. The molecule has 270 valence electrons. The van der Waals surface area contributed by atoms with Gasteiger partial charge in [0, 0.05) is 69.1 Å². The summed E-state index contributed by atoms with van der Waals surface area (Å²) in [5.41, 5.74) is -0.415. The third kappa shape index (κ3) is 6.34. The topological polar surface area (TPSA) is 136 Å². The lowest BCUT2D eigenvalue weighted by Crippen LogP contribution is -2.54. The maximum atomic E-state index is 15.4. The average molecular weight is 715 g/mol. The normalized spacial score (nSPS) is 20.3. The first kappa shape index (κ1) is 36.3. The lowest BCUT2D eigenvalue weighted by atomic mass is 9.70. The number of likely N-dealkylation sites (N-methyl/N-ethyl adjacent to an activating group) is 1. The number of nitrogens with zero attached hydrogens (tertiary/aromatic N) is 6. The van der Waals surface area contributed by atoms with Crippen molar-refractivity contribution in [1.82, 2.24) is 19.7 Å². The van der Waals surface area contributed by atoms with Crippen molar-refractivity contribution < 1.29 is 27.5 Å². The number of anilines is 1. The summed E-state index contributed by atoms with van der Waals surface area (Å²) >= 11 is 0. The molecule has 0 aliphatic carbocycles. The van der Waals surface area contributed by atoms with E-state index in [0.717, 1.165) is 49.9 Å². The van der Waals surface area contributed by atoms with Crippen molar-refractivity contribution in [2.24, 2.45) is 0 Å². The smallest absolute Gasteiger partial charge is 0.274 e. The maximum absolute atomic E-state index is 15.4. The number of hydrogen-bond acceptors (Lipinski definition) is 10. The van der Waals surface area contributed by atoms with Crippen molar-refractivity contribution in [3.8, 4) is 17.7 Å². The minimum atomic E-state index is -4.60. The van der Waals surface area contributed by atoms with Gasteiger partial charge in [0.2, 0.25) is 11.8 Å². The first-order valence-corrected chi connectivity index (χ1v) is 19.2. The average Bonchev–Trinajstić information content (AvgIpc) is 3.42. The molecular formula is C38H46N6O6S. The second kappa shape index (κ2) is 15.0. The summed E-state index contributed by atoms with van der Waals surface area (Å²) < 4.78 is 41.6. The number of nitriles is 1. The summed E-state index contributed by atoms with van der Waals surface area (Å²) in [5, 5.41) is 10.2. The molecule has 2 fully saturated rings. The van der Waals surface area contributed by atoms with E-state index < -0.39 is 21.3 Å². The number of pyridine rings is 1. The van der Waals surface area contributed by atoms with Crippen molar-refractivity contribution in [2.75, 3.05) is 63.8 Å². The summed E-state index contributed by atoms with van der Waals surface area (Å²) in [4.78, 5) is 41.1. The third-order valence-electron chi connectivity index (χ3n) is 10.7. The van der Waals surface area contributed by atoms with E-state index >= 15 is 4.79 Å². The highest BCUT2D eigenvalue weighted by Gasteiger charge is 2.60. The molecule has 0 N–H and O–H groups in total. The minimum absolute atomic E-state index is 0.0696. The van der Waals surface area contributed by atoms with Crippen molar-refractivity contribution in [2.45, 2.75) is 62.8 Å². The fourth-order valence-corrected chi connectivity index (χ4v) is 9.69. The molecule has 4 heterocycles. The Morgan fingerprint density at radius 1 is 1.00 bits per heavy atom. The first-order chi connectivity index (χ1) is 24.7. The quantitative estimate of drug-likeness (QED) is 0.287. The van der Waals surface area contributed by atoms with Crippen LogP contribution in [0.3, 0.4) is 0 Å². The van der Waals surface area contributed by atoms with E-state index in [-0.39, 0.29) is 46.7 Å². The molecule has 0 saturated carbocycles. The molecule has 2 amide bonds. The molecule has 51 heavy (non-hydrogen) atoms. The van der Waals surface area contributed by atoms with Crippen molar-refractivity contribution in [3.05, 3.63) is 77.0 Å². The molecule has 1 atom stereocenters. The molecule has 0 spiro atoms. The number of carbonyl (C=O) groups is 2. The van der Waals surface area contributed by atoms with Gasteiger partial charge in [0.05, 0.1) is 31.0 Å². The largest absolute Gasteiger partial charge is 0.495 e. The van der Waals surface area contributed by atoms with Crippen LogP contribution in [0.4, 0.5) is 5.69 Å². The number of methoxy groups -OCH3 is 1. The predicted molar refractivity (Wildman–Crippen MR) is 192 cm³/mol. The van der Waals surface area contributed by atoms with Crippen LogP contribution in [0.25, 0.3) is 0 Å². The number of ether oxygens (including phenoxy) is 2. The third-order valence-corrected chi connectivity index (χ3v) is 12.4. The van der Waals surface area contributed by atoms with E-state index in [1.165, 1.54) is 37.6 Å². The second-order valence-electron chi connectivity index (χ2n) is 13.1. The van der Waals surface area contributed by atoms with Crippen molar-refractivity contribution >= 4 is 27.5 Å². The van der Waals surface area contributed by atoms with Crippen molar-refractivity contribution in [3.63, 3.8) is 0 Å². The monoisotopic (exact) mass is 714 g/mol. The van der Waals surface area contributed by atoms with Gasteiger partial charge in [0.25, 0.3) is 15.9 Å². The Bertz CT molecular complexity index is 1930. The molecule has 12 nitrogen and oxygen atoms in total. The molecule has 0 bridgehead atoms. The van der Waals surface area contributed by atoms with E-state index in [4.69, 9.17) is 9.47 Å². The number of benzene rings is 2. The number of amides is 2. The molecular weight excluding hydrogens is 669 g/mol. The van der Waals surface area contributed by atoms with Gasteiger partial charge in [0.15, 0.2) is 0 Å². The Labute approximate surface area is 300 Å². The fraction of sp³-hybridized carbons (Fsp3) is 0.474. The maximum Gasteiger partial charge on any atom is 0.274 e. The zero-order valence-corrected chi connectivity index (χ0v) is 30.6. The molecule has 13 heteroatoms. The second-order valence-corrected chi connectivity index (χ2v) is 14.9. The number of aromatic nitrogens is 1. The van der Waals surface area contributed by atoms with Gasteiger partial charge in [-0.05, 0) is 68.6 Å². The van der Waals surface area contributed by atoms with E-state index in [1.54, 1.807) is 36.1 Å². The van der Waals surface area contributed by atoms with Crippen molar-refractivity contribution in [1.29, 1.82) is 5.26 Å². The van der Waals surface area contributed by atoms with E-state index in [9.17, 15) is 18.5 Å². The van der Waals surface area contributed by atoms with Gasteiger partial charge in [-0.15, -0.1) is 0 Å². The number of hydrogen-bond donors (Lipinski definition) is 0. The lowest BCUT2D eigenvalue weighted by Gasteiger charge is -2.43. The Balaban J connectivity index is 1.47. The van der Waals surface area contributed by atoms with Gasteiger partial charge in [0.1, 0.15) is 16.1 Å². The summed E-state index contributed by atoms with van der Waals surface area (Å²) in [5.74, 6) is -0.923. The van der Waals surface area contributed by atoms with Crippen LogP contribution in [0.5, 0.6) is 11.6 Å². The lowest BCUT2D eigenvalue weighted by molar-refractivity contribution is -0.136. The van der Waals surface area contributed by atoms with Gasteiger partial charge >= 0.3 is 0 Å². The Kier molecular flexibility index (Phi) is 10.7. The molecule has 3 aliphatic rings. The van der Waals surface area contributed by atoms with E-state index in [2.05, 4.69) is 27.8 Å². The van der Waals surface area contributed by atoms with Gasteiger partial charge in [-0.3, -0.25) is 14.5 Å². The Hall–Kier alpha value is -4.51. The number of likely N-dealkylation sites (tertiary alicyclic amines) is 1. The predicted octanol–water partition coefficient (Wildman–Crippen LogP) is 3.96. The highest BCUT2D eigenvalue weighted by molar-refractivity contribution is 7.93. The zero-order chi connectivity index (χ0) is 36.3. The number of carbonyl (C=O) groups excluding carboxylic acids is 2. The number of sulfonamides is 1. The number of piperidine rings is 1. The molecule has 2 saturated heterocycles. The number of para-hydroxylation sites is 1. The van der Waals surface area contributed by atoms with Crippen LogP contribution in [0.1, 0.15) is 62.3 Å². The summed E-state index contributed by atoms with van der Waals surface area (Å²) in [6.45, 7) is 12.2. The number of fused-ring (bicyclic) bond motifs is 1. The number of rotatable bonds is 11. The van der Waals surface area contributed by atoms with Crippen LogP contribution in [-0.2, 0) is 31.4 Å². The van der Waals surface area contributed by atoms with Gasteiger partial charge in [-0.25, -0.2) is 17.7 Å². The summed E-state index contributed by atoms with van der Waals surface area (Å²) in [6, 6.07) is 15.1. The van der Waals surface area contributed by atoms with Gasteiger partial charge in [-0.1, -0.05) is 32.0 Å². The summed E-state index contributed by atoms with van der Waals surface area (Å²) in [6.07, 6.45) is 3.08. The molecule has 6 rings (SSSR count). The Morgan fingerprint density at radius 2 is 1.73 bits per heavy atom. The van der Waals surface area contributed by atoms with Crippen LogP contribution in [0.15, 0.2) is 59.6 Å². The van der Waals surface area contributed by atoms with Crippen LogP contribution < -0.4 is 13.8 Å². The van der Waals surface area contributed by atoms with Crippen LogP contribution in [-0.4, -0.2) is 105 Å². The SMILES string of the molecule is CCOc1ncccc1C1(CC(=O)N2CCC(N3CCN(CC)CC3)CC2)C(=O)N(S(=O)(=O)c2ccccc2OC)c2ccc(C#N)c(CC)c21. The molecule has 1 aromatic heterocycles. The van der Waals surface area contributed by atoms with Crippen LogP contribution in [0, 0.1) is 11.3 Å². The molecule has 0 radical (unpaired) electrons. The van der Waals surface area contributed by atoms with E-state index in [1.807, 2.05) is 6.92 Å². The molecule has 3 aromatic rings. The van der Waals surface area contributed by atoms with Gasteiger partial charge < -0.3 is 19.3 Å². The van der Waals surface area contributed by atoms with Crippen LogP contribution in [0.2, 0.25) is 0 Å². The summed E-state index contributed by atoms with van der Waals surface area (Å²) in [7, 11) is -3.23. The molecule has 2 aromatic carbocycles. The molecule has 3 aliphatic heterocycles. The highest BCUT2D eigenvalue weighted by Crippen LogP contribution is 2.54. The zero-order valence-electron chi connectivity index (χ0n) is 29.8. The minimum Gasteiger partial charge on any atom is -0.495 e. The molecule has 1 unspecified atom stereocenters. The highest BCUT2D eigenvalue weighted by atomic mass is 32.2. The van der Waals surface area contributed by atoms with E-state index in [0.29, 0.717) is 42.2 Å². The Morgan fingerprint density at radius 3 is 2.37 bits per heavy atom. The van der Waals surface area contributed by atoms with Crippen LogP contribution >= 0.6 is 0 Å².